The molecule has 1 aromatic rings. The van der Waals surface area contributed by atoms with Crippen molar-refractivity contribution in [3.63, 3.8) is 0 Å². The zero-order valence-electron chi connectivity index (χ0n) is 13.4. The molecule has 0 fully saturated rings. The Hall–Kier alpha value is -1.69. The second kappa shape index (κ2) is 8.08. The normalized spacial score (nSPS) is 12.5. The molecule has 1 atom stereocenters. The maximum Gasteiger partial charge on any atom is 0.303 e. The number of methoxy groups -OCH3 is 1. The van der Waals surface area contributed by atoms with E-state index < -0.39 is 11.5 Å². The van der Waals surface area contributed by atoms with Crippen LogP contribution in [0.4, 0.5) is 0 Å². The third-order valence-electron chi connectivity index (χ3n) is 3.17. The van der Waals surface area contributed by atoms with Crippen LogP contribution in [0.1, 0.15) is 33.6 Å². The van der Waals surface area contributed by atoms with Gasteiger partial charge in [0.25, 0.3) is 0 Å². The number of carboxylic acids is 1. The molecule has 0 aliphatic rings. The molecule has 0 saturated heterocycles. The standard InChI is InChI=1S/C16H23NO4S/c1-11(22-13-7-5-12(21-4)6-8-13)15(20)17-16(2,3)10-9-14(18)19/h5-8,11H,9-10H2,1-4H3,(H,17,20)(H,18,19). The van der Waals surface area contributed by atoms with Gasteiger partial charge in [-0.05, 0) is 51.5 Å². The van der Waals surface area contributed by atoms with Crippen molar-refractivity contribution in [1.29, 1.82) is 0 Å². The summed E-state index contributed by atoms with van der Waals surface area (Å²) in [5, 5.41) is 11.4. The van der Waals surface area contributed by atoms with E-state index in [1.807, 2.05) is 45.0 Å². The van der Waals surface area contributed by atoms with Crippen molar-refractivity contribution in [3.05, 3.63) is 24.3 Å². The number of ether oxygens (including phenoxy) is 1. The van der Waals surface area contributed by atoms with Gasteiger partial charge in [-0.3, -0.25) is 9.59 Å². The quantitative estimate of drug-likeness (QED) is 0.719. The van der Waals surface area contributed by atoms with E-state index in [9.17, 15) is 9.59 Å². The van der Waals surface area contributed by atoms with E-state index in [1.54, 1.807) is 7.11 Å². The summed E-state index contributed by atoms with van der Waals surface area (Å²) in [5.74, 6) is -0.185. The molecule has 0 bridgehead atoms. The second-order valence-corrected chi connectivity index (χ2v) is 7.12. The molecule has 2 N–H and O–H groups in total. The highest BCUT2D eigenvalue weighted by Gasteiger charge is 2.24. The van der Waals surface area contributed by atoms with Gasteiger partial charge in [0.1, 0.15) is 5.75 Å². The molecule has 0 spiro atoms. The minimum Gasteiger partial charge on any atom is -0.497 e. The van der Waals surface area contributed by atoms with Gasteiger partial charge in [-0.1, -0.05) is 0 Å². The summed E-state index contributed by atoms with van der Waals surface area (Å²) in [6.07, 6.45) is 0.432. The average molecular weight is 325 g/mol. The molecule has 6 heteroatoms. The van der Waals surface area contributed by atoms with E-state index in [0.29, 0.717) is 6.42 Å². The lowest BCUT2D eigenvalue weighted by Gasteiger charge is -2.27. The van der Waals surface area contributed by atoms with E-state index in [2.05, 4.69) is 5.32 Å². The number of carbonyl (C=O) groups excluding carboxylic acids is 1. The third-order valence-corrected chi connectivity index (χ3v) is 4.28. The Morgan fingerprint density at radius 3 is 2.41 bits per heavy atom. The number of carboxylic acid groups (broad SMARTS) is 1. The Balaban J connectivity index is 2.54. The average Bonchev–Trinajstić information content (AvgIpc) is 2.45. The van der Waals surface area contributed by atoms with Crippen molar-refractivity contribution in [1.82, 2.24) is 5.32 Å². The van der Waals surface area contributed by atoms with Crippen LogP contribution in [0.3, 0.4) is 0 Å². The van der Waals surface area contributed by atoms with Crippen molar-refractivity contribution in [3.8, 4) is 5.75 Å². The highest BCUT2D eigenvalue weighted by atomic mass is 32.2. The highest BCUT2D eigenvalue weighted by Crippen LogP contribution is 2.26. The first-order valence-corrected chi connectivity index (χ1v) is 7.96. The van der Waals surface area contributed by atoms with Crippen molar-refractivity contribution < 1.29 is 19.4 Å². The highest BCUT2D eigenvalue weighted by molar-refractivity contribution is 8.00. The van der Waals surface area contributed by atoms with Gasteiger partial charge >= 0.3 is 5.97 Å². The fraction of sp³-hybridized carbons (Fsp3) is 0.500. The molecule has 122 valence electrons. The van der Waals surface area contributed by atoms with Gasteiger partial charge in [0.15, 0.2) is 0 Å². The topological polar surface area (TPSA) is 75.6 Å². The lowest BCUT2D eigenvalue weighted by molar-refractivity contribution is -0.137. The maximum atomic E-state index is 12.2. The van der Waals surface area contributed by atoms with Crippen LogP contribution in [0, 0.1) is 0 Å². The van der Waals surface area contributed by atoms with Crippen LogP contribution in [0.5, 0.6) is 5.75 Å². The number of nitrogens with one attached hydrogen (secondary N) is 1. The summed E-state index contributed by atoms with van der Waals surface area (Å²) >= 11 is 1.45. The monoisotopic (exact) mass is 325 g/mol. The van der Waals surface area contributed by atoms with Crippen LogP contribution in [-0.2, 0) is 9.59 Å². The molecule has 0 aromatic heterocycles. The fourth-order valence-corrected chi connectivity index (χ4v) is 2.70. The smallest absolute Gasteiger partial charge is 0.303 e. The zero-order valence-corrected chi connectivity index (χ0v) is 14.2. The molecule has 1 aromatic carbocycles. The van der Waals surface area contributed by atoms with E-state index in [4.69, 9.17) is 9.84 Å². The van der Waals surface area contributed by atoms with E-state index in [-0.39, 0.29) is 17.6 Å². The summed E-state index contributed by atoms with van der Waals surface area (Å²) in [6.45, 7) is 5.49. The van der Waals surface area contributed by atoms with E-state index in [0.717, 1.165) is 10.6 Å². The summed E-state index contributed by atoms with van der Waals surface area (Å²) < 4.78 is 5.10. The molecular formula is C16H23NO4S. The molecule has 1 rings (SSSR count). The Kier molecular flexibility index (Phi) is 6.74. The van der Waals surface area contributed by atoms with Crippen molar-refractivity contribution in [2.45, 2.75) is 49.3 Å². The van der Waals surface area contributed by atoms with Crippen LogP contribution in [0.15, 0.2) is 29.2 Å². The zero-order chi connectivity index (χ0) is 16.8. The van der Waals surface area contributed by atoms with Gasteiger partial charge in [0.2, 0.25) is 5.91 Å². The minimum absolute atomic E-state index is 0.0350. The van der Waals surface area contributed by atoms with Crippen molar-refractivity contribution in [2.24, 2.45) is 0 Å². The number of amides is 1. The van der Waals surface area contributed by atoms with Crippen molar-refractivity contribution >= 4 is 23.6 Å². The van der Waals surface area contributed by atoms with Crippen molar-refractivity contribution in [2.75, 3.05) is 7.11 Å². The summed E-state index contributed by atoms with van der Waals surface area (Å²) in [6, 6.07) is 7.51. The number of hydrogen-bond donors (Lipinski definition) is 2. The largest absolute Gasteiger partial charge is 0.497 e. The number of thioether (sulfide) groups is 1. The first kappa shape index (κ1) is 18.4. The number of rotatable bonds is 8. The summed E-state index contributed by atoms with van der Waals surface area (Å²) in [5.41, 5.74) is -0.537. The van der Waals surface area contributed by atoms with Gasteiger partial charge in [-0.2, -0.15) is 0 Å². The molecule has 0 aliphatic carbocycles. The third kappa shape index (κ3) is 6.39. The molecule has 1 unspecified atom stereocenters. The minimum atomic E-state index is -0.858. The van der Waals surface area contributed by atoms with Gasteiger partial charge in [0.05, 0.1) is 12.4 Å². The lowest BCUT2D eigenvalue weighted by atomic mass is 9.98. The van der Waals surface area contributed by atoms with Crippen LogP contribution < -0.4 is 10.1 Å². The summed E-state index contributed by atoms with van der Waals surface area (Å²) in [7, 11) is 1.61. The summed E-state index contributed by atoms with van der Waals surface area (Å²) in [4.78, 5) is 23.8. The first-order chi connectivity index (χ1) is 10.2. The predicted molar refractivity (Wildman–Crippen MR) is 87.4 cm³/mol. The Bertz CT molecular complexity index is 513. The second-order valence-electron chi connectivity index (χ2n) is 5.70. The maximum absolute atomic E-state index is 12.2. The first-order valence-electron chi connectivity index (χ1n) is 7.08. The Morgan fingerprint density at radius 2 is 1.91 bits per heavy atom. The van der Waals surface area contributed by atoms with Crippen LogP contribution in [0.2, 0.25) is 0 Å². The number of hydrogen-bond acceptors (Lipinski definition) is 4. The van der Waals surface area contributed by atoms with E-state index in [1.165, 1.54) is 11.8 Å². The predicted octanol–water partition coefficient (Wildman–Crippen LogP) is 2.94. The van der Waals surface area contributed by atoms with Crippen LogP contribution >= 0.6 is 11.8 Å². The lowest BCUT2D eigenvalue weighted by Crippen LogP contribution is -2.46. The number of aliphatic carboxylic acids is 1. The van der Waals surface area contributed by atoms with Crippen LogP contribution in [0.25, 0.3) is 0 Å². The SMILES string of the molecule is COc1ccc(SC(C)C(=O)NC(C)(C)CCC(=O)O)cc1. The Labute approximate surface area is 135 Å². The molecule has 0 radical (unpaired) electrons. The Morgan fingerprint density at radius 1 is 1.32 bits per heavy atom. The molecule has 0 heterocycles. The van der Waals surface area contributed by atoms with Crippen LogP contribution in [-0.4, -0.2) is 34.9 Å². The van der Waals surface area contributed by atoms with E-state index >= 15 is 0 Å². The fourth-order valence-electron chi connectivity index (χ4n) is 1.83. The number of benzene rings is 1. The molecule has 5 nitrogen and oxygen atoms in total. The number of carbonyl (C=O) groups is 2. The molecular weight excluding hydrogens is 302 g/mol. The molecule has 0 saturated carbocycles. The molecule has 1 amide bonds. The molecule has 0 aliphatic heterocycles. The van der Waals surface area contributed by atoms with Gasteiger partial charge in [-0.15, -0.1) is 11.8 Å². The van der Waals surface area contributed by atoms with Gasteiger partial charge < -0.3 is 15.2 Å². The van der Waals surface area contributed by atoms with Gasteiger partial charge in [0, 0.05) is 16.9 Å². The van der Waals surface area contributed by atoms with Gasteiger partial charge in [-0.25, -0.2) is 0 Å². The molecule has 22 heavy (non-hydrogen) atoms.